The Bertz CT molecular complexity index is 204. The number of hydrogen-bond acceptors (Lipinski definition) is 0. The van der Waals surface area contributed by atoms with E-state index in [1.54, 1.807) is 0 Å². The summed E-state index contributed by atoms with van der Waals surface area (Å²) in [6, 6.07) is 0. The van der Waals surface area contributed by atoms with E-state index in [-0.39, 0.29) is 0 Å². The van der Waals surface area contributed by atoms with Gasteiger partial charge in [0, 0.05) is 0 Å². The fraction of sp³-hybridized carbons (Fsp3) is 0.882. The zero-order valence-corrected chi connectivity index (χ0v) is 12.1. The fourth-order valence-corrected chi connectivity index (χ4v) is 3.14. The van der Waals surface area contributed by atoms with Crippen molar-refractivity contribution in [2.45, 2.75) is 84.5 Å². The van der Waals surface area contributed by atoms with Crippen LogP contribution in [0.15, 0.2) is 12.2 Å². The molecule has 1 saturated carbocycles. The number of unbranched alkanes of at least 4 members (excludes halogenated alkanes) is 4. The van der Waals surface area contributed by atoms with Gasteiger partial charge in [-0.05, 0) is 37.5 Å². The van der Waals surface area contributed by atoms with Gasteiger partial charge in [-0.3, -0.25) is 0 Å². The summed E-state index contributed by atoms with van der Waals surface area (Å²) >= 11 is 0. The van der Waals surface area contributed by atoms with Gasteiger partial charge in [-0.1, -0.05) is 70.9 Å². The summed E-state index contributed by atoms with van der Waals surface area (Å²) in [4.78, 5) is 0. The molecule has 1 rings (SSSR count). The van der Waals surface area contributed by atoms with Crippen molar-refractivity contribution in [2.24, 2.45) is 11.8 Å². The zero-order valence-electron chi connectivity index (χ0n) is 12.1. The van der Waals surface area contributed by atoms with Gasteiger partial charge in [-0.25, -0.2) is 0 Å². The van der Waals surface area contributed by atoms with E-state index in [4.69, 9.17) is 0 Å². The molecule has 0 spiro atoms. The molecule has 0 aromatic heterocycles. The van der Waals surface area contributed by atoms with Crippen molar-refractivity contribution >= 4 is 0 Å². The minimum atomic E-state index is 0.979. The van der Waals surface area contributed by atoms with Crippen LogP contribution in [0.3, 0.4) is 0 Å². The SMILES string of the molecule is C=C(CCCCCCC)CCC1CCCC1C. The lowest BCUT2D eigenvalue weighted by molar-refractivity contribution is 0.390. The smallest absolute Gasteiger partial charge is 0.0320 e. The molecule has 2 unspecified atom stereocenters. The Morgan fingerprint density at radius 1 is 1.06 bits per heavy atom. The highest BCUT2D eigenvalue weighted by molar-refractivity contribution is 4.94. The minimum Gasteiger partial charge on any atom is -0.0999 e. The molecule has 1 fully saturated rings. The van der Waals surface area contributed by atoms with Gasteiger partial charge >= 0.3 is 0 Å². The minimum absolute atomic E-state index is 0.979. The first kappa shape index (κ1) is 14.8. The zero-order chi connectivity index (χ0) is 12.5. The second-order valence-corrected chi connectivity index (χ2v) is 6.12. The second kappa shape index (κ2) is 8.78. The maximum Gasteiger partial charge on any atom is -0.0320 e. The van der Waals surface area contributed by atoms with Crippen molar-refractivity contribution in [3.05, 3.63) is 12.2 Å². The highest BCUT2D eigenvalue weighted by Gasteiger charge is 2.22. The predicted molar refractivity (Wildman–Crippen MR) is 78.3 cm³/mol. The van der Waals surface area contributed by atoms with Crippen molar-refractivity contribution in [3.63, 3.8) is 0 Å². The summed E-state index contributed by atoms with van der Waals surface area (Å²) in [6.07, 6.45) is 15.4. The Balaban J connectivity index is 1.97. The van der Waals surface area contributed by atoms with Gasteiger partial charge in [0.1, 0.15) is 0 Å². The molecule has 0 N–H and O–H groups in total. The summed E-state index contributed by atoms with van der Waals surface area (Å²) in [7, 11) is 0. The Morgan fingerprint density at radius 3 is 2.47 bits per heavy atom. The van der Waals surface area contributed by atoms with E-state index in [1.165, 1.54) is 76.2 Å². The number of allylic oxidation sites excluding steroid dienone is 1. The third kappa shape index (κ3) is 6.29. The fourth-order valence-electron chi connectivity index (χ4n) is 3.14. The van der Waals surface area contributed by atoms with Crippen LogP contribution in [-0.4, -0.2) is 0 Å². The number of rotatable bonds is 9. The molecule has 0 saturated heterocycles. The average Bonchev–Trinajstić information content (AvgIpc) is 2.72. The highest BCUT2D eigenvalue weighted by Crippen LogP contribution is 2.35. The van der Waals surface area contributed by atoms with Crippen LogP contribution in [-0.2, 0) is 0 Å². The molecule has 100 valence electrons. The van der Waals surface area contributed by atoms with Gasteiger partial charge in [0.15, 0.2) is 0 Å². The second-order valence-electron chi connectivity index (χ2n) is 6.12. The maximum absolute atomic E-state index is 4.26. The molecule has 0 bridgehead atoms. The Morgan fingerprint density at radius 2 is 1.82 bits per heavy atom. The Kier molecular flexibility index (Phi) is 7.64. The van der Waals surface area contributed by atoms with Crippen LogP contribution < -0.4 is 0 Å². The van der Waals surface area contributed by atoms with Crippen molar-refractivity contribution in [3.8, 4) is 0 Å². The van der Waals surface area contributed by atoms with Gasteiger partial charge in [0.25, 0.3) is 0 Å². The molecule has 0 heteroatoms. The third-order valence-electron chi connectivity index (χ3n) is 4.54. The van der Waals surface area contributed by atoms with Crippen molar-refractivity contribution in [2.75, 3.05) is 0 Å². The summed E-state index contributed by atoms with van der Waals surface area (Å²) in [5.74, 6) is 1.99. The topological polar surface area (TPSA) is 0 Å². The summed E-state index contributed by atoms with van der Waals surface area (Å²) in [5.41, 5.74) is 1.51. The van der Waals surface area contributed by atoms with Crippen LogP contribution in [0.5, 0.6) is 0 Å². The van der Waals surface area contributed by atoms with Crippen molar-refractivity contribution in [1.82, 2.24) is 0 Å². The average molecular weight is 236 g/mol. The van der Waals surface area contributed by atoms with Gasteiger partial charge in [-0.2, -0.15) is 0 Å². The summed E-state index contributed by atoms with van der Waals surface area (Å²) in [5, 5.41) is 0. The van der Waals surface area contributed by atoms with Crippen molar-refractivity contribution in [1.29, 1.82) is 0 Å². The molecule has 0 nitrogen and oxygen atoms in total. The first-order valence-electron chi connectivity index (χ1n) is 7.90. The lowest BCUT2D eigenvalue weighted by Gasteiger charge is -2.15. The standard InChI is InChI=1S/C17H32/c1-4-5-6-7-8-10-15(2)13-14-17-12-9-11-16(17)3/h16-17H,2,4-14H2,1,3H3. The monoisotopic (exact) mass is 236 g/mol. The molecule has 2 atom stereocenters. The Labute approximate surface area is 109 Å². The molecule has 0 aliphatic heterocycles. The van der Waals surface area contributed by atoms with E-state index < -0.39 is 0 Å². The lowest BCUT2D eigenvalue weighted by Crippen LogP contribution is -2.03. The molecule has 0 radical (unpaired) electrons. The first-order chi connectivity index (χ1) is 8.24. The Hall–Kier alpha value is -0.260. The number of hydrogen-bond donors (Lipinski definition) is 0. The van der Waals surface area contributed by atoms with Gasteiger partial charge in [0.05, 0.1) is 0 Å². The molecule has 1 aliphatic rings. The highest BCUT2D eigenvalue weighted by atomic mass is 14.3. The van der Waals surface area contributed by atoms with E-state index in [0.717, 1.165) is 11.8 Å². The summed E-state index contributed by atoms with van der Waals surface area (Å²) < 4.78 is 0. The van der Waals surface area contributed by atoms with E-state index in [2.05, 4.69) is 20.4 Å². The maximum atomic E-state index is 4.26. The van der Waals surface area contributed by atoms with Gasteiger partial charge < -0.3 is 0 Å². The molecule has 17 heavy (non-hydrogen) atoms. The largest absolute Gasteiger partial charge is 0.0999 e. The van der Waals surface area contributed by atoms with E-state index >= 15 is 0 Å². The van der Waals surface area contributed by atoms with E-state index in [1.807, 2.05) is 0 Å². The van der Waals surface area contributed by atoms with Crippen LogP contribution in [0.25, 0.3) is 0 Å². The van der Waals surface area contributed by atoms with Crippen LogP contribution in [0.1, 0.15) is 84.5 Å². The van der Waals surface area contributed by atoms with Crippen LogP contribution in [0, 0.1) is 11.8 Å². The first-order valence-corrected chi connectivity index (χ1v) is 7.90. The van der Waals surface area contributed by atoms with Crippen LogP contribution in [0.4, 0.5) is 0 Å². The van der Waals surface area contributed by atoms with E-state index in [9.17, 15) is 0 Å². The predicted octanol–water partition coefficient (Wildman–Crippen LogP) is 6.12. The normalized spacial score (nSPS) is 24.1. The summed E-state index contributed by atoms with van der Waals surface area (Å²) in [6.45, 7) is 8.97. The van der Waals surface area contributed by atoms with Crippen LogP contribution in [0.2, 0.25) is 0 Å². The van der Waals surface area contributed by atoms with Crippen LogP contribution >= 0.6 is 0 Å². The molecular weight excluding hydrogens is 204 g/mol. The molecular formula is C17H32. The van der Waals surface area contributed by atoms with Gasteiger partial charge in [0.2, 0.25) is 0 Å². The van der Waals surface area contributed by atoms with E-state index in [0.29, 0.717) is 0 Å². The molecule has 0 aromatic carbocycles. The molecule has 0 heterocycles. The molecule has 0 amide bonds. The lowest BCUT2D eigenvalue weighted by atomic mass is 9.90. The molecule has 1 aliphatic carbocycles. The quantitative estimate of drug-likeness (QED) is 0.334. The van der Waals surface area contributed by atoms with Gasteiger partial charge in [-0.15, -0.1) is 0 Å². The molecule has 0 aromatic rings. The van der Waals surface area contributed by atoms with Crippen molar-refractivity contribution < 1.29 is 0 Å². The third-order valence-corrected chi connectivity index (χ3v) is 4.54.